The highest BCUT2D eigenvalue weighted by atomic mass is 15.2. The molecule has 10 rings (SSSR count). The van der Waals surface area contributed by atoms with E-state index in [9.17, 15) is 0 Å². The minimum atomic E-state index is -0.128. The first-order valence-corrected chi connectivity index (χ1v) is 19.2. The standard InChI is InChI=1S/C52H39N5/c1-35(55-47(37-17-7-3-8-18-37)33-46(53)36-15-5-2-6-16-36)40-27-30-52(54-34-40)57-49-24-14-11-21-42(49)44-28-25-39(32-51(44)57)38-26-29-50-45(31-38)43-22-12-13-23-48(43)56(50)41-19-9-4-10-20-41/h2-34,52,54H,1,53H2/b46-33-,55-47+. The summed E-state index contributed by atoms with van der Waals surface area (Å²) in [6, 6.07) is 61.7. The van der Waals surface area contributed by atoms with Gasteiger partial charge in [0.2, 0.25) is 0 Å². The predicted molar refractivity (Wildman–Crippen MR) is 239 cm³/mol. The lowest BCUT2D eigenvalue weighted by molar-refractivity contribution is 0.575. The van der Waals surface area contributed by atoms with E-state index in [-0.39, 0.29) is 6.17 Å². The number of nitrogens with two attached hydrogens (primary N) is 1. The number of nitrogens with one attached hydrogen (secondary N) is 1. The molecular weight excluding hydrogens is 695 g/mol. The molecule has 3 N–H and O–H groups in total. The summed E-state index contributed by atoms with van der Waals surface area (Å²) in [7, 11) is 0. The topological polar surface area (TPSA) is 60.3 Å². The number of aromatic nitrogens is 2. The van der Waals surface area contributed by atoms with E-state index in [1.54, 1.807) is 0 Å². The van der Waals surface area contributed by atoms with Crippen molar-refractivity contribution in [2.24, 2.45) is 10.7 Å². The molecule has 0 spiro atoms. The van der Waals surface area contributed by atoms with E-state index < -0.39 is 0 Å². The summed E-state index contributed by atoms with van der Waals surface area (Å²) in [5.41, 5.74) is 19.6. The molecule has 2 aromatic heterocycles. The lowest BCUT2D eigenvalue weighted by atomic mass is 10.0. The van der Waals surface area contributed by atoms with Gasteiger partial charge >= 0.3 is 0 Å². The van der Waals surface area contributed by atoms with Crippen LogP contribution in [0.15, 0.2) is 223 Å². The SMILES string of the molecule is C=C(/N=C(\C=C(/N)c1ccccc1)c1ccccc1)C1=CNC(n2c3ccccc3c3ccc(-c4ccc5c(c4)c4ccccc4n5-c4ccccc4)cc32)C=C1. The number of fused-ring (bicyclic) bond motifs is 6. The van der Waals surface area contributed by atoms with Crippen LogP contribution in [0.25, 0.3) is 66.1 Å². The van der Waals surface area contributed by atoms with Crippen molar-refractivity contribution >= 4 is 55.0 Å². The van der Waals surface area contributed by atoms with Gasteiger partial charge in [-0.3, -0.25) is 0 Å². The number of para-hydroxylation sites is 3. The van der Waals surface area contributed by atoms with Gasteiger partial charge in [-0.15, -0.1) is 0 Å². The maximum absolute atomic E-state index is 6.57. The monoisotopic (exact) mass is 733 g/mol. The van der Waals surface area contributed by atoms with Gasteiger partial charge < -0.3 is 20.2 Å². The average Bonchev–Trinajstić information content (AvgIpc) is 3.79. The summed E-state index contributed by atoms with van der Waals surface area (Å²) in [6.45, 7) is 4.39. The lowest BCUT2D eigenvalue weighted by Gasteiger charge is -2.23. The second-order valence-corrected chi connectivity index (χ2v) is 14.4. The Kier molecular flexibility index (Phi) is 8.46. The molecule has 9 aromatic rings. The minimum absolute atomic E-state index is 0.128. The molecule has 272 valence electrons. The van der Waals surface area contributed by atoms with Crippen LogP contribution in [0.1, 0.15) is 17.3 Å². The van der Waals surface area contributed by atoms with Gasteiger partial charge in [-0.1, -0.05) is 146 Å². The summed E-state index contributed by atoms with van der Waals surface area (Å²) in [4.78, 5) is 5.03. The van der Waals surface area contributed by atoms with Crippen molar-refractivity contribution in [1.29, 1.82) is 0 Å². The van der Waals surface area contributed by atoms with Gasteiger partial charge in [0.1, 0.15) is 6.17 Å². The molecule has 0 saturated heterocycles. The predicted octanol–water partition coefficient (Wildman–Crippen LogP) is 12.1. The molecule has 0 aliphatic carbocycles. The highest BCUT2D eigenvalue weighted by Crippen LogP contribution is 2.38. The third-order valence-corrected chi connectivity index (χ3v) is 10.9. The van der Waals surface area contributed by atoms with Crippen molar-refractivity contribution < 1.29 is 0 Å². The molecular formula is C52H39N5. The molecule has 0 bridgehead atoms. The highest BCUT2D eigenvalue weighted by molar-refractivity contribution is 6.13. The first kappa shape index (κ1) is 33.9. The van der Waals surface area contributed by atoms with Crippen LogP contribution in [0, 0.1) is 0 Å². The van der Waals surface area contributed by atoms with Crippen molar-refractivity contribution in [3.8, 4) is 16.8 Å². The molecule has 1 aliphatic heterocycles. The van der Waals surface area contributed by atoms with E-state index in [4.69, 9.17) is 10.7 Å². The summed E-state index contributed by atoms with van der Waals surface area (Å²) in [6.07, 6.45) is 8.12. The fourth-order valence-electron chi connectivity index (χ4n) is 8.16. The Bertz CT molecular complexity index is 3110. The zero-order chi connectivity index (χ0) is 38.3. The van der Waals surface area contributed by atoms with Gasteiger partial charge in [-0.25, -0.2) is 4.99 Å². The van der Waals surface area contributed by atoms with Crippen LogP contribution in [-0.2, 0) is 0 Å². The third kappa shape index (κ3) is 6.12. The summed E-state index contributed by atoms with van der Waals surface area (Å²) >= 11 is 0. The summed E-state index contributed by atoms with van der Waals surface area (Å²) < 4.78 is 4.75. The van der Waals surface area contributed by atoms with Crippen LogP contribution in [-0.4, -0.2) is 14.8 Å². The average molecular weight is 734 g/mol. The Morgan fingerprint density at radius 3 is 1.88 bits per heavy atom. The smallest absolute Gasteiger partial charge is 0.123 e. The van der Waals surface area contributed by atoms with Gasteiger partial charge in [0.15, 0.2) is 0 Å². The van der Waals surface area contributed by atoms with Crippen LogP contribution in [0.5, 0.6) is 0 Å². The van der Waals surface area contributed by atoms with Crippen LogP contribution in [0.3, 0.4) is 0 Å². The number of aliphatic imine (C=N–C) groups is 1. The van der Waals surface area contributed by atoms with Crippen molar-refractivity contribution in [2.45, 2.75) is 6.17 Å². The van der Waals surface area contributed by atoms with Crippen molar-refractivity contribution in [3.63, 3.8) is 0 Å². The second-order valence-electron chi connectivity index (χ2n) is 14.4. The van der Waals surface area contributed by atoms with E-state index in [0.717, 1.165) is 39.1 Å². The van der Waals surface area contributed by atoms with E-state index >= 15 is 0 Å². The molecule has 5 heteroatoms. The molecule has 0 radical (unpaired) electrons. The number of hydrogen-bond donors (Lipinski definition) is 2. The summed E-state index contributed by atoms with van der Waals surface area (Å²) in [5, 5.41) is 8.59. The Labute approximate surface area is 331 Å². The van der Waals surface area contributed by atoms with E-state index in [1.807, 2.05) is 72.9 Å². The van der Waals surface area contributed by atoms with Crippen molar-refractivity contribution in [2.75, 3.05) is 0 Å². The molecule has 57 heavy (non-hydrogen) atoms. The van der Waals surface area contributed by atoms with Crippen molar-refractivity contribution in [1.82, 2.24) is 14.5 Å². The van der Waals surface area contributed by atoms with Crippen LogP contribution < -0.4 is 11.1 Å². The molecule has 1 atom stereocenters. The first-order valence-electron chi connectivity index (χ1n) is 19.2. The van der Waals surface area contributed by atoms with E-state index in [2.05, 4.69) is 148 Å². The zero-order valence-corrected chi connectivity index (χ0v) is 31.3. The molecule has 7 aromatic carbocycles. The van der Waals surface area contributed by atoms with E-state index in [0.29, 0.717) is 11.4 Å². The van der Waals surface area contributed by atoms with Gasteiger partial charge in [0.25, 0.3) is 0 Å². The number of nitrogens with zero attached hydrogens (tertiary/aromatic N) is 3. The number of allylic oxidation sites excluding steroid dienone is 2. The molecule has 0 fully saturated rings. The number of dihydropyridines is 1. The second kappa shape index (κ2) is 14.2. The lowest BCUT2D eigenvalue weighted by Crippen LogP contribution is -2.23. The fourth-order valence-corrected chi connectivity index (χ4v) is 8.16. The van der Waals surface area contributed by atoms with Crippen LogP contribution in [0.2, 0.25) is 0 Å². The van der Waals surface area contributed by atoms with Crippen molar-refractivity contribution in [3.05, 3.63) is 229 Å². The van der Waals surface area contributed by atoms with Gasteiger partial charge in [-0.2, -0.15) is 0 Å². The quantitative estimate of drug-likeness (QED) is 0.153. The Morgan fingerprint density at radius 1 is 0.579 bits per heavy atom. The van der Waals surface area contributed by atoms with Crippen LogP contribution >= 0.6 is 0 Å². The number of benzene rings is 7. The maximum atomic E-state index is 6.57. The summed E-state index contributed by atoms with van der Waals surface area (Å²) in [5.74, 6) is 0. The largest absolute Gasteiger partial charge is 0.398 e. The Balaban J connectivity index is 1.01. The highest BCUT2D eigenvalue weighted by Gasteiger charge is 2.20. The minimum Gasteiger partial charge on any atom is -0.398 e. The number of hydrogen-bond acceptors (Lipinski definition) is 3. The molecule has 0 amide bonds. The Hall–Kier alpha value is -7.63. The Morgan fingerprint density at radius 2 is 1.16 bits per heavy atom. The maximum Gasteiger partial charge on any atom is 0.123 e. The van der Waals surface area contributed by atoms with Gasteiger partial charge in [0, 0.05) is 50.3 Å². The third-order valence-electron chi connectivity index (χ3n) is 10.9. The fraction of sp³-hybridized carbons (Fsp3) is 0.0192. The molecule has 3 heterocycles. The van der Waals surface area contributed by atoms with Crippen LogP contribution in [0.4, 0.5) is 0 Å². The molecule has 5 nitrogen and oxygen atoms in total. The normalized spacial score (nSPS) is 14.7. The molecule has 1 aliphatic rings. The van der Waals surface area contributed by atoms with Gasteiger partial charge in [-0.05, 0) is 71.3 Å². The van der Waals surface area contributed by atoms with Gasteiger partial charge in [0.05, 0.1) is 33.5 Å². The van der Waals surface area contributed by atoms with E-state index in [1.165, 1.54) is 43.7 Å². The molecule has 0 saturated carbocycles. The molecule has 1 unspecified atom stereocenters. The number of rotatable bonds is 8. The first-order chi connectivity index (χ1) is 28.1. The zero-order valence-electron chi connectivity index (χ0n) is 31.3.